The summed E-state index contributed by atoms with van der Waals surface area (Å²) in [6.45, 7) is 2.81. The molecule has 0 bridgehead atoms. The lowest BCUT2D eigenvalue weighted by atomic mass is 9.74. The summed E-state index contributed by atoms with van der Waals surface area (Å²) in [5.74, 6) is 0.251. The van der Waals surface area contributed by atoms with Crippen molar-refractivity contribution in [3.05, 3.63) is 0 Å². The Hall–Kier alpha value is -0.570. The summed E-state index contributed by atoms with van der Waals surface area (Å²) in [6, 6.07) is 0. The molecule has 1 spiro atoms. The zero-order valence-electron chi connectivity index (χ0n) is 5.48. The van der Waals surface area contributed by atoms with E-state index in [0.717, 1.165) is 19.6 Å². The van der Waals surface area contributed by atoms with Gasteiger partial charge < -0.3 is 10.2 Å². The highest BCUT2D eigenvalue weighted by atomic mass is 16.2. The van der Waals surface area contributed by atoms with Crippen LogP contribution in [0.5, 0.6) is 0 Å². The average Bonchev–Trinajstić information content (AvgIpc) is 1.77. The van der Waals surface area contributed by atoms with Gasteiger partial charge >= 0.3 is 0 Å². The molecule has 0 unspecified atom stereocenters. The van der Waals surface area contributed by atoms with Gasteiger partial charge in [0.15, 0.2) is 0 Å². The van der Waals surface area contributed by atoms with Crippen LogP contribution in [0.4, 0.5) is 0 Å². The number of hydrogen-bond donors (Lipinski definition) is 1. The largest absolute Gasteiger partial charge is 0.354 e. The molecule has 2 saturated heterocycles. The normalized spacial score (nSPS) is 31.0. The standard InChI is InChI=1S/C6H10N2O/c1-8-3-6(4-8)2-7-5(6)9/h2-4H2,1H3,(H,7,9). The number of amides is 1. The van der Waals surface area contributed by atoms with Crippen molar-refractivity contribution < 1.29 is 4.79 Å². The smallest absolute Gasteiger partial charge is 0.230 e. The van der Waals surface area contributed by atoms with E-state index < -0.39 is 0 Å². The molecule has 0 atom stereocenters. The molecule has 9 heavy (non-hydrogen) atoms. The lowest BCUT2D eigenvalue weighted by Crippen LogP contribution is -2.73. The van der Waals surface area contributed by atoms with Gasteiger partial charge in [0, 0.05) is 19.6 Å². The molecule has 3 nitrogen and oxygen atoms in total. The molecule has 0 aromatic carbocycles. The van der Waals surface area contributed by atoms with Crippen LogP contribution in [-0.4, -0.2) is 37.5 Å². The van der Waals surface area contributed by atoms with E-state index in [4.69, 9.17) is 0 Å². The lowest BCUT2D eigenvalue weighted by Gasteiger charge is -2.52. The third-order valence-corrected chi connectivity index (χ3v) is 2.21. The van der Waals surface area contributed by atoms with Gasteiger partial charge in [-0.05, 0) is 7.05 Å². The van der Waals surface area contributed by atoms with Gasteiger partial charge in [-0.1, -0.05) is 0 Å². The van der Waals surface area contributed by atoms with Crippen LogP contribution in [-0.2, 0) is 4.79 Å². The molecular formula is C6H10N2O. The molecule has 50 valence electrons. The Morgan fingerprint density at radius 1 is 1.67 bits per heavy atom. The van der Waals surface area contributed by atoms with E-state index in [2.05, 4.69) is 10.2 Å². The van der Waals surface area contributed by atoms with Crippen molar-refractivity contribution in [3.63, 3.8) is 0 Å². The SMILES string of the molecule is CN1CC2(CNC2=O)C1. The van der Waals surface area contributed by atoms with E-state index in [-0.39, 0.29) is 11.3 Å². The zero-order valence-corrected chi connectivity index (χ0v) is 5.48. The van der Waals surface area contributed by atoms with E-state index in [1.807, 2.05) is 7.05 Å². The van der Waals surface area contributed by atoms with Crippen molar-refractivity contribution in [2.45, 2.75) is 0 Å². The predicted octanol–water partition coefficient (Wildman–Crippen LogP) is -0.952. The third-order valence-electron chi connectivity index (χ3n) is 2.21. The summed E-state index contributed by atoms with van der Waals surface area (Å²) in [7, 11) is 2.04. The van der Waals surface area contributed by atoms with Gasteiger partial charge in [-0.3, -0.25) is 4.79 Å². The van der Waals surface area contributed by atoms with Crippen LogP contribution in [0.1, 0.15) is 0 Å². The van der Waals surface area contributed by atoms with Gasteiger partial charge in [-0.2, -0.15) is 0 Å². The van der Waals surface area contributed by atoms with Crippen LogP contribution in [0.2, 0.25) is 0 Å². The Morgan fingerprint density at radius 2 is 2.33 bits per heavy atom. The Kier molecular flexibility index (Phi) is 0.750. The first kappa shape index (κ1) is 5.23. The topological polar surface area (TPSA) is 32.3 Å². The average molecular weight is 126 g/mol. The van der Waals surface area contributed by atoms with E-state index >= 15 is 0 Å². The number of nitrogens with zero attached hydrogens (tertiary/aromatic N) is 1. The molecule has 2 fully saturated rings. The van der Waals surface area contributed by atoms with Crippen molar-refractivity contribution in [1.82, 2.24) is 10.2 Å². The van der Waals surface area contributed by atoms with Crippen LogP contribution >= 0.6 is 0 Å². The van der Waals surface area contributed by atoms with Crippen molar-refractivity contribution >= 4 is 5.91 Å². The van der Waals surface area contributed by atoms with Crippen molar-refractivity contribution in [3.8, 4) is 0 Å². The highest BCUT2D eigenvalue weighted by Crippen LogP contribution is 2.33. The second-order valence-electron chi connectivity index (χ2n) is 3.14. The maximum atomic E-state index is 10.8. The molecule has 0 saturated carbocycles. The molecule has 2 rings (SSSR count). The quantitative estimate of drug-likeness (QED) is 0.424. The molecule has 0 aromatic rings. The Morgan fingerprint density at radius 3 is 2.44 bits per heavy atom. The number of carbonyl (C=O) groups excluding carboxylic acids is 1. The summed E-state index contributed by atoms with van der Waals surface area (Å²) in [4.78, 5) is 13.0. The van der Waals surface area contributed by atoms with Crippen molar-refractivity contribution in [1.29, 1.82) is 0 Å². The first-order chi connectivity index (χ1) is 4.23. The minimum Gasteiger partial charge on any atom is -0.354 e. The summed E-state index contributed by atoms with van der Waals surface area (Å²) < 4.78 is 0. The van der Waals surface area contributed by atoms with Crippen molar-refractivity contribution in [2.24, 2.45) is 5.41 Å². The fourth-order valence-corrected chi connectivity index (χ4v) is 1.65. The third kappa shape index (κ3) is 0.477. The van der Waals surface area contributed by atoms with Gasteiger partial charge in [0.05, 0.1) is 5.41 Å². The Bertz CT molecular complexity index is 160. The molecule has 0 radical (unpaired) electrons. The molecule has 1 N–H and O–H groups in total. The summed E-state index contributed by atoms with van der Waals surface area (Å²) in [6.07, 6.45) is 0. The molecule has 3 heteroatoms. The number of likely N-dealkylation sites (tertiary alicyclic amines) is 1. The van der Waals surface area contributed by atoms with E-state index in [1.165, 1.54) is 0 Å². The van der Waals surface area contributed by atoms with Crippen LogP contribution in [0.15, 0.2) is 0 Å². The van der Waals surface area contributed by atoms with Crippen LogP contribution in [0.3, 0.4) is 0 Å². The first-order valence-corrected chi connectivity index (χ1v) is 3.20. The summed E-state index contributed by atoms with van der Waals surface area (Å²) in [5.41, 5.74) is 0.0503. The Labute approximate surface area is 54.0 Å². The predicted molar refractivity (Wildman–Crippen MR) is 32.9 cm³/mol. The molecule has 2 aliphatic heterocycles. The number of hydrogen-bond acceptors (Lipinski definition) is 2. The van der Waals surface area contributed by atoms with Gasteiger partial charge in [0.2, 0.25) is 5.91 Å². The molecule has 2 heterocycles. The number of rotatable bonds is 0. The molecule has 0 aliphatic carbocycles. The van der Waals surface area contributed by atoms with Gasteiger partial charge in [-0.25, -0.2) is 0 Å². The van der Waals surface area contributed by atoms with Crippen LogP contribution < -0.4 is 5.32 Å². The van der Waals surface area contributed by atoms with E-state index in [9.17, 15) is 4.79 Å². The van der Waals surface area contributed by atoms with E-state index in [0.29, 0.717) is 0 Å². The highest BCUT2D eigenvalue weighted by Gasteiger charge is 2.53. The second-order valence-corrected chi connectivity index (χ2v) is 3.14. The van der Waals surface area contributed by atoms with Gasteiger partial charge in [-0.15, -0.1) is 0 Å². The molecule has 0 aromatic heterocycles. The minimum atomic E-state index is 0.0503. The highest BCUT2D eigenvalue weighted by molar-refractivity contribution is 5.90. The second kappa shape index (κ2) is 1.29. The number of carbonyl (C=O) groups is 1. The molecular weight excluding hydrogens is 116 g/mol. The van der Waals surface area contributed by atoms with Gasteiger partial charge in [0.25, 0.3) is 0 Å². The van der Waals surface area contributed by atoms with Gasteiger partial charge in [0.1, 0.15) is 0 Å². The first-order valence-electron chi connectivity index (χ1n) is 3.20. The van der Waals surface area contributed by atoms with Crippen molar-refractivity contribution in [2.75, 3.05) is 26.7 Å². The van der Waals surface area contributed by atoms with E-state index in [1.54, 1.807) is 0 Å². The summed E-state index contributed by atoms with van der Waals surface area (Å²) in [5, 5.41) is 2.76. The number of nitrogens with one attached hydrogen (secondary N) is 1. The fraction of sp³-hybridized carbons (Fsp3) is 0.833. The lowest BCUT2D eigenvalue weighted by molar-refractivity contribution is -0.152. The maximum Gasteiger partial charge on any atom is 0.230 e. The monoisotopic (exact) mass is 126 g/mol. The fourth-order valence-electron chi connectivity index (χ4n) is 1.65. The Balaban J connectivity index is 2.05. The molecule has 2 aliphatic rings. The van der Waals surface area contributed by atoms with Crippen LogP contribution in [0.25, 0.3) is 0 Å². The zero-order chi connectivity index (χ0) is 6.48. The number of β-lactam (4-membered cyclic amide) rings is 1. The molecule has 1 amide bonds. The van der Waals surface area contributed by atoms with Crippen LogP contribution in [0, 0.1) is 5.41 Å². The minimum absolute atomic E-state index is 0.0503. The maximum absolute atomic E-state index is 10.8. The summed E-state index contributed by atoms with van der Waals surface area (Å²) >= 11 is 0.